The second-order valence-corrected chi connectivity index (χ2v) is 13.2. The molecule has 6 atom stereocenters. The van der Waals surface area contributed by atoms with Crippen LogP contribution in [-0.2, 0) is 9.47 Å². The summed E-state index contributed by atoms with van der Waals surface area (Å²) in [4.78, 5) is 12.8. The maximum Gasteiger partial charge on any atom is 0.184 e. The number of aliphatic hydroxyl groups excluding tert-OH is 4. The first-order valence-corrected chi connectivity index (χ1v) is 12.3. The molecule has 0 saturated carbocycles. The highest BCUT2D eigenvalue weighted by atomic mass is 28.3. The number of Topliss-reactive ketones (excluding diaryl/α,β-unsaturated/α-hetero) is 1. The largest absolute Gasteiger partial charge is 0.387 e. The van der Waals surface area contributed by atoms with E-state index < -0.39 is 38.8 Å². The number of hydrogen-bond acceptors (Lipinski definition) is 7. The fourth-order valence-corrected chi connectivity index (χ4v) is 4.46. The van der Waals surface area contributed by atoms with Crippen molar-refractivity contribution < 1.29 is 34.7 Å². The van der Waals surface area contributed by atoms with Crippen LogP contribution >= 0.6 is 0 Å². The molecule has 1 unspecified atom stereocenters. The molecule has 1 heterocycles. The van der Waals surface area contributed by atoms with E-state index in [1.165, 1.54) is 0 Å². The van der Waals surface area contributed by atoms with E-state index in [-0.39, 0.29) is 24.5 Å². The fourth-order valence-electron chi connectivity index (χ4n) is 2.89. The number of carbonyl (C=O) groups excluding carboxylic acids is 1. The van der Waals surface area contributed by atoms with Crippen LogP contribution in [0.2, 0.25) is 25.2 Å². The minimum atomic E-state index is -1.89. The second-order valence-electron chi connectivity index (χ2n) is 7.72. The standard InChI is InChI=1S/C18H28O7Si/c1-26(2,3)13(14(19)11-7-5-4-6-8-11)10-24-9-12-15(20)16(21)17(22)18(23)25-12/h4-8,12-13,15-18,20-23H,9-10H2,1-3H3/t12-,13?,15-,16+,17-,18+/m1/s1. The van der Waals surface area contributed by atoms with Crippen molar-refractivity contribution in [3.05, 3.63) is 35.9 Å². The number of rotatable bonds is 7. The maximum absolute atomic E-state index is 12.8. The number of aliphatic hydroxyl groups is 4. The van der Waals surface area contributed by atoms with Crippen LogP contribution in [0.3, 0.4) is 0 Å². The molecule has 1 aromatic rings. The smallest absolute Gasteiger partial charge is 0.184 e. The molecule has 0 radical (unpaired) electrons. The van der Waals surface area contributed by atoms with Crippen molar-refractivity contribution in [2.75, 3.05) is 13.2 Å². The first-order chi connectivity index (χ1) is 12.1. The van der Waals surface area contributed by atoms with Gasteiger partial charge in [-0.05, 0) is 0 Å². The molecule has 0 aromatic heterocycles. The van der Waals surface area contributed by atoms with Crippen molar-refractivity contribution in [3.8, 4) is 0 Å². The van der Waals surface area contributed by atoms with Crippen molar-refractivity contribution in [2.24, 2.45) is 0 Å². The van der Waals surface area contributed by atoms with Gasteiger partial charge in [0.1, 0.15) is 24.4 Å². The van der Waals surface area contributed by atoms with Gasteiger partial charge < -0.3 is 29.9 Å². The molecule has 1 aliphatic rings. The van der Waals surface area contributed by atoms with E-state index in [1.807, 2.05) is 18.2 Å². The van der Waals surface area contributed by atoms with Gasteiger partial charge in [0.05, 0.1) is 21.3 Å². The monoisotopic (exact) mass is 384 g/mol. The van der Waals surface area contributed by atoms with Gasteiger partial charge in [-0.25, -0.2) is 0 Å². The molecule has 26 heavy (non-hydrogen) atoms. The van der Waals surface area contributed by atoms with E-state index in [4.69, 9.17) is 9.47 Å². The molecule has 1 fully saturated rings. The minimum absolute atomic E-state index is 0.0189. The molecular formula is C18H28O7Si. The Balaban J connectivity index is 1.99. The van der Waals surface area contributed by atoms with Gasteiger partial charge in [0.15, 0.2) is 12.1 Å². The van der Waals surface area contributed by atoms with E-state index in [2.05, 4.69) is 19.6 Å². The molecular weight excluding hydrogens is 356 g/mol. The quantitative estimate of drug-likeness (QED) is 0.397. The lowest BCUT2D eigenvalue weighted by atomic mass is 9.99. The summed E-state index contributed by atoms with van der Waals surface area (Å²) in [6, 6.07) is 9.03. The summed E-state index contributed by atoms with van der Waals surface area (Å²) in [5.74, 6) is 0.0189. The highest BCUT2D eigenvalue weighted by molar-refractivity contribution is 6.81. The fraction of sp³-hybridized carbons (Fsp3) is 0.611. The van der Waals surface area contributed by atoms with Crippen LogP contribution in [0, 0.1) is 0 Å². The van der Waals surface area contributed by atoms with E-state index in [0.29, 0.717) is 5.56 Å². The number of ketones is 1. The predicted molar refractivity (Wildman–Crippen MR) is 97.6 cm³/mol. The molecule has 0 bridgehead atoms. The molecule has 0 aliphatic carbocycles. The third kappa shape index (κ3) is 4.98. The molecule has 1 aromatic carbocycles. The molecule has 7 nitrogen and oxygen atoms in total. The van der Waals surface area contributed by atoms with Crippen molar-refractivity contribution in [1.82, 2.24) is 0 Å². The first-order valence-electron chi connectivity index (χ1n) is 8.67. The summed E-state index contributed by atoms with van der Waals surface area (Å²) in [5.41, 5.74) is 0.345. The number of ether oxygens (including phenoxy) is 2. The van der Waals surface area contributed by atoms with Gasteiger partial charge in [-0.15, -0.1) is 0 Å². The average molecular weight is 385 g/mol. The third-order valence-electron chi connectivity index (χ3n) is 4.67. The molecule has 146 valence electrons. The molecule has 1 saturated heterocycles. The van der Waals surface area contributed by atoms with Crippen LogP contribution in [0.1, 0.15) is 10.4 Å². The zero-order valence-corrected chi connectivity index (χ0v) is 16.3. The maximum atomic E-state index is 12.8. The Morgan fingerprint density at radius 3 is 2.27 bits per heavy atom. The lowest BCUT2D eigenvalue weighted by molar-refractivity contribution is -0.288. The normalized spacial score (nSPS) is 30.8. The zero-order chi connectivity index (χ0) is 19.5. The van der Waals surface area contributed by atoms with Crippen LogP contribution in [-0.4, -0.2) is 78.2 Å². The SMILES string of the molecule is C[Si](C)(C)C(COC[C@H]1O[C@H](O)[C@H](O)[C@@H](O)[C@@H]1O)C(=O)c1ccccc1. The van der Waals surface area contributed by atoms with Crippen LogP contribution in [0.4, 0.5) is 0 Å². The summed E-state index contributed by atoms with van der Waals surface area (Å²) < 4.78 is 10.7. The molecule has 4 N–H and O–H groups in total. The van der Waals surface area contributed by atoms with Gasteiger partial charge in [-0.3, -0.25) is 4.79 Å². The lowest BCUT2D eigenvalue weighted by Gasteiger charge is -2.38. The number of hydrogen-bond donors (Lipinski definition) is 4. The Morgan fingerprint density at radius 2 is 1.69 bits per heavy atom. The average Bonchev–Trinajstić information content (AvgIpc) is 2.60. The Kier molecular flexibility index (Phi) is 7.09. The molecule has 0 spiro atoms. The van der Waals surface area contributed by atoms with E-state index in [0.717, 1.165) is 0 Å². The number of carbonyl (C=O) groups is 1. The predicted octanol–water partition coefficient (Wildman–Crippen LogP) is 0.394. The molecule has 1 aliphatic heterocycles. The van der Waals surface area contributed by atoms with E-state index in [9.17, 15) is 25.2 Å². The summed E-state index contributed by atoms with van der Waals surface area (Å²) in [6.45, 7) is 6.29. The van der Waals surface area contributed by atoms with E-state index in [1.54, 1.807) is 12.1 Å². The molecule has 8 heteroatoms. The lowest BCUT2D eigenvalue weighted by Crippen LogP contribution is -2.58. The van der Waals surface area contributed by atoms with Gasteiger partial charge in [0.2, 0.25) is 0 Å². The zero-order valence-electron chi connectivity index (χ0n) is 15.3. The van der Waals surface area contributed by atoms with Crippen molar-refractivity contribution in [3.63, 3.8) is 0 Å². The van der Waals surface area contributed by atoms with Crippen molar-refractivity contribution in [2.45, 2.75) is 55.9 Å². The number of benzene rings is 1. The molecule has 0 amide bonds. The van der Waals surface area contributed by atoms with Crippen LogP contribution in [0.25, 0.3) is 0 Å². The van der Waals surface area contributed by atoms with Crippen LogP contribution < -0.4 is 0 Å². The summed E-state index contributed by atoms with van der Waals surface area (Å²) >= 11 is 0. The van der Waals surface area contributed by atoms with Crippen molar-refractivity contribution >= 4 is 13.9 Å². The highest BCUT2D eigenvalue weighted by Gasteiger charge is 2.43. The van der Waals surface area contributed by atoms with Gasteiger partial charge in [0.25, 0.3) is 0 Å². The Morgan fingerprint density at radius 1 is 1.08 bits per heavy atom. The second kappa shape index (κ2) is 8.70. The minimum Gasteiger partial charge on any atom is -0.387 e. The first kappa shape index (κ1) is 21.2. The van der Waals surface area contributed by atoms with Crippen LogP contribution in [0.5, 0.6) is 0 Å². The van der Waals surface area contributed by atoms with Crippen LogP contribution in [0.15, 0.2) is 30.3 Å². The van der Waals surface area contributed by atoms with Gasteiger partial charge in [0, 0.05) is 11.1 Å². The van der Waals surface area contributed by atoms with E-state index >= 15 is 0 Å². The Hall–Kier alpha value is -1.13. The highest BCUT2D eigenvalue weighted by Crippen LogP contribution is 2.27. The van der Waals surface area contributed by atoms with Gasteiger partial charge in [-0.1, -0.05) is 50.0 Å². The Bertz CT molecular complexity index is 589. The Labute approximate surface area is 154 Å². The summed E-state index contributed by atoms with van der Waals surface area (Å²) in [6.07, 6.45) is -7.07. The summed E-state index contributed by atoms with van der Waals surface area (Å²) in [7, 11) is -1.89. The third-order valence-corrected chi connectivity index (χ3v) is 7.19. The summed E-state index contributed by atoms with van der Waals surface area (Å²) in [5, 5.41) is 38.7. The van der Waals surface area contributed by atoms with Gasteiger partial charge >= 0.3 is 0 Å². The molecule has 2 rings (SSSR count). The van der Waals surface area contributed by atoms with Gasteiger partial charge in [-0.2, -0.15) is 0 Å². The van der Waals surface area contributed by atoms with Crippen molar-refractivity contribution in [1.29, 1.82) is 0 Å². The topological polar surface area (TPSA) is 116 Å².